The molecule has 0 N–H and O–H groups in total. The van der Waals surface area contributed by atoms with E-state index < -0.39 is 0 Å². The number of nitrogens with zero attached hydrogens (tertiary/aromatic N) is 1. The summed E-state index contributed by atoms with van der Waals surface area (Å²) in [6, 6.07) is 6.29. The summed E-state index contributed by atoms with van der Waals surface area (Å²) in [4.78, 5) is 3.54. The zero-order chi connectivity index (χ0) is 10.3. The zero-order valence-corrected chi connectivity index (χ0v) is 8.87. The van der Waals surface area contributed by atoms with E-state index in [-0.39, 0.29) is 0 Å². The van der Waals surface area contributed by atoms with Crippen LogP contribution in [-0.2, 0) is 6.42 Å². The van der Waals surface area contributed by atoms with Crippen molar-refractivity contribution in [3.8, 4) is 0 Å². The minimum atomic E-state index is 0.774. The van der Waals surface area contributed by atoms with E-state index in [1.54, 1.807) is 0 Å². The summed E-state index contributed by atoms with van der Waals surface area (Å²) < 4.78 is 0. The van der Waals surface area contributed by atoms with Gasteiger partial charge >= 0.3 is 0 Å². The first-order valence-corrected chi connectivity index (χ1v) is 5.89. The van der Waals surface area contributed by atoms with Crippen molar-refractivity contribution < 1.29 is 0 Å². The van der Waals surface area contributed by atoms with Crippen LogP contribution in [0.15, 0.2) is 18.2 Å². The largest absolute Gasteiger partial charge is 0.238 e. The maximum Gasteiger partial charge on any atom is 0.187 e. The second-order valence-electron chi connectivity index (χ2n) is 4.85. The summed E-state index contributed by atoms with van der Waals surface area (Å²) in [7, 11) is 0. The minimum absolute atomic E-state index is 0.774. The second kappa shape index (κ2) is 3.38. The van der Waals surface area contributed by atoms with E-state index in [0.717, 1.165) is 17.5 Å². The van der Waals surface area contributed by atoms with Crippen molar-refractivity contribution in [3.05, 3.63) is 40.7 Å². The molecule has 1 fully saturated rings. The van der Waals surface area contributed by atoms with Crippen LogP contribution in [0.1, 0.15) is 42.7 Å². The molecule has 0 radical (unpaired) electrons. The van der Waals surface area contributed by atoms with Crippen LogP contribution < -0.4 is 0 Å². The second-order valence-corrected chi connectivity index (χ2v) is 4.85. The predicted octanol–water partition coefficient (Wildman–Crippen LogP) is 4.07. The van der Waals surface area contributed by atoms with Crippen molar-refractivity contribution in [2.45, 2.75) is 38.0 Å². The number of fused-ring (bicyclic) bond motifs is 3. The van der Waals surface area contributed by atoms with Gasteiger partial charge in [-0.1, -0.05) is 36.6 Å². The van der Waals surface area contributed by atoms with Crippen LogP contribution in [0.4, 0.5) is 5.69 Å². The number of benzene rings is 1. The summed E-state index contributed by atoms with van der Waals surface area (Å²) >= 11 is 0. The van der Waals surface area contributed by atoms with Crippen molar-refractivity contribution in [1.29, 1.82) is 0 Å². The average Bonchev–Trinajstić information content (AvgIpc) is 2.66. The van der Waals surface area contributed by atoms with E-state index in [1.165, 1.54) is 43.2 Å². The van der Waals surface area contributed by atoms with Gasteiger partial charge in [0, 0.05) is 0 Å². The van der Waals surface area contributed by atoms with Gasteiger partial charge in [-0.15, -0.1) is 0 Å². The molecule has 2 atom stereocenters. The van der Waals surface area contributed by atoms with Gasteiger partial charge in [0.1, 0.15) is 0 Å². The molecule has 2 unspecified atom stereocenters. The van der Waals surface area contributed by atoms with Gasteiger partial charge in [0.15, 0.2) is 5.69 Å². The van der Waals surface area contributed by atoms with Crippen LogP contribution >= 0.6 is 0 Å². The first kappa shape index (κ1) is 8.97. The molecule has 0 aromatic heterocycles. The Labute approximate surface area is 90.9 Å². The van der Waals surface area contributed by atoms with Crippen molar-refractivity contribution in [1.82, 2.24) is 0 Å². The van der Waals surface area contributed by atoms with E-state index in [4.69, 9.17) is 6.57 Å². The van der Waals surface area contributed by atoms with Crippen LogP contribution in [0, 0.1) is 12.5 Å². The number of rotatable bonds is 0. The Morgan fingerprint density at radius 2 is 2.07 bits per heavy atom. The summed E-state index contributed by atoms with van der Waals surface area (Å²) in [6.45, 7) is 7.06. The van der Waals surface area contributed by atoms with Crippen LogP contribution in [0.25, 0.3) is 4.85 Å². The van der Waals surface area contributed by atoms with Crippen LogP contribution in [0.2, 0.25) is 0 Å². The molecule has 1 heteroatoms. The fourth-order valence-corrected chi connectivity index (χ4v) is 3.33. The SMILES string of the molecule is [C-]#[N+]c1ccc2c(c1)C1CCCCC1C2. The van der Waals surface area contributed by atoms with E-state index >= 15 is 0 Å². The van der Waals surface area contributed by atoms with E-state index in [2.05, 4.69) is 17.0 Å². The van der Waals surface area contributed by atoms with Gasteiger partial charge in [0.05, 0.1) is 6.57 Å². The Morgan fingerprint density at radius 3 is 2.93 bits per heavy atom. The summed E-state index contributed by atoms with van der Waals surface area (Å²) in [6.07, 6.45) is 6.79. The Balaban J connectivity index is 2.02. The van der Waals surface area contributed by atoms with Gasteiger partial charge in [0.25, 0.3) is 0 Å². The van der Waals surface area contributed by atoms with Crippen molar-refractivity contribution in [3.63, 3.8) is 0 Å². The molecule has 76 valence electrons. The Hall–Kier alpha value is -1.29. The predicted molar refractivity (Wildman–Crippen MR) is 61.1 cm³/mol. The molecular weight excluding hydrogens is 182 g/mol. The van der Waals surface area contributed by atoms with Gasteiger partial charge in [-0.05, 0) is 36.7 Å². The molecular formula is C14H15N. The topological polar surface area (TPSA) is 4.36 Å². The molecule has 0 bridgehead atoms. The molecule has 1 aromatic carbocycles. The molecule has 2 aliphatic rings. The highest BCUT2D eigenvalue weighted by molar-refractivity contribution is 5.52. The molecule has 0 saturated heterocycles. The summed E-state index contributed by atoms with van der Waals surface area (Å²) in [5, 5.41) is 0. The molecule has 0 heterocycles. The van der Waals surface area contributed by atoms with Gasteiger partial charge in [-0.25, -0.2) is 4.85 Å². The smallest absolute Gasteiger partial charge is 0.187 e. The molecule has 0 spiro atoms. The van der Waals surface area contributed by atoms with E-state index in [0.29, 0.717) is 0 Å². The highest BCUT2D eigenvalue weighted by Gasteiger charge is 2.33. The Morgan fingerprint density at radius 1 is 1.20 bits per heavy atom. The number of hydrogen-bond donors (Lipinski definition) is 0. The van der Waals surface area contributed by atoms with Gasteiger partial charge < -0.3 is 0 Å². The monoisotopic (exact) mass is 197 g/mol. The molecule has 0 amide bonds. The molecule has 1 saturated carbocycles. The zero-order valence-electron chi connectivity index (χ0n) is 8.87. The lowest BCUT2D eigenvalue weighted by Gasteiger charge is -2.25. The third-order valence-electron chi connectivity index (χ3n) is 4.05. The molecule has 2 aliphatic carbocycles. The number of hydrogen-bond acceptors (Lipinski definition) is 0. The quantitative estimate of drug-likeness (QED) is 0.552. The molecule has 1 nitrogen and oxygen atoms in total. The normalized spacial score (nSPS) is 27.9. The summed E-state index contributed by atoms with van der Waals surface area (Å²) in [5.74, 6) is 1.66. The average molecular weight is 197 g/mol. The lowest BCUT2D eigenvalue weighted by molar-refractivity contribution is 0.330. The van der Waals surface area contributed by atoms with Crippen LogP contribution in [0.3, 0.4) is 0 Å². The standard InChI is InChI=1S/C14H15N/c1-15-12-7-6-11-8-10-4-2-3-5-13(10)14(11)9-12/h6-7,9-10,13H,2-5,8H2. The van der Waals surface area contributed by atoms with Crippen LogP contribution in [-0.4, -0.2) is 0 Å². The third kappa shape index (κ3) is 1.36. The fraction of sp³-hybridized carbons (Fsp3) is 0.500. The highest BCUT2D eigenvalue weighted by Crippen LogP contribution is 2.47. The molecule has 1 aromatic rings. The third-order valence-corrected chi connectivity index (χ3v) is 4.05. The van der Waals surface area contributed by atoms with Gasteiger partial charge in [0.2, 0.25) is 0 Å². The van der Waals surface area contributed by atoms with E-state index in [1.807, 2.05) is 6.07 Å². The van der Waals surface area contributed by atoms with Gasteiger partial charge in [-0.2, -0.15) is 0 Å². The maximum atomic E-state index is 7.06. The lowest BCUT2D eigenvalue weighted by Crippen LogP contribution is -2.12. The van der Waals surface area contributed by atoms with Crippen molar-refractivity contribution in [2.75, 3.05) is 0 Å². The maximum absolute atomic E-state index is 7.06. The van der Waals surface area contributed by atoms with Crippen LogP contribution in [0.5, 0.6) is 0 Å². The highest BCUT2D eigenvalue weighted by atomic mass is 14.6. The van der Waals surface area contributed by atoms with Crippen molar-refractivity contribution >= 4 is 5.69 Å². The van der Waals surface area contributed by atoms with Gasteiger partial charge in [-0.3, -0.25) is 0 Å². The van der Waals surface area contributed by atoms with Crippen molar-refractivity contribution in [2.24, 2.45) is 5.92 Å². The molecule has 3 rings (SSSR count). The lowest BCUT2D eigenvalue weighted by atomic mass is 9.80. The Kier molecular flexibility index (Phi) is 2.02. The van der Waals surface area contributed by atoms with E-state index in [9.17, 15) is 0 Å². The Bertz CT molecular complexity index is 427. The summed E-state index contributed by atoms with van der Waals surface area (Å²) in [5.41, 5.74) is 3.83. The first-order chi connectivity index (χ1) is 7.38. The minimum Gasteiger partial charge on any atom is -0.238 e. The molecule has 0 aliphatic heterocycles. The molecule has 15 heavy (non-hydrogen) atoms. The fourth-order valence-electron chi connectivity index (χ4n) is 3.33. The first-order valence-electron chi connectivity index (χ1n) is 5.89.